The van der Waals surface area contributed by atoms with Gasteiger partial charge < -0.3 is 15.2 Å². The first-order chi connectivity index (χ1) is 6.85. The van der Waals surface area contributed by atoms with Crippen LogP contribution in [0.15, 0.2) is 0 Å². The standard InChI is InChI=1S/C11H21NO2/c13-9-11(4-1-5-11)8-12-10-2-6-14-7-3-10/h10,12-13H,1-9H2. The Bertz CT molecular complexity index is 169. The van der Waals surface area contributed by atoms with Crippen LogP contribution in [0.5, 0.6) is 0 Å². The van der Waals surface area contributed by atoms with Crippen molar-refractivity contribution in [1.82, 2.24) is 5.32 Å². The highest BCUT2D eigenvalue weighted by atomic mass is 16.5. The number of hydrogen-bond donors (Lipinski definition) is 2. The van der Waals surface area contributed by atoms with E-state index < -0.39 is 0 Å². The number of aliphatic hydroxyl groups is 1. The molecule has 3 nitrogen and oxygen atoms in total. The zero-order valence-electron chi connectivity index (χ0n) is 8.80. The predicted octanol–water partition coefficient (Wildman–Crippen LogP) is 0.918. The summed E-state index contributed by atoms with van der Waals surface area (Å²) in [6.45, 7) is 3.13. The Labute approximate surface area is 85.8 Å². The van der Waals surface area contributed by atoms with Crippen LogP contribution in [0.25, 0.3) is 0 Å². The van der Waals surface area contributed by atoms with Crippen LogP contribution in [0.2, 0.25) is 0 Å². The average molecular weight is 199 g/mol. The summed E-state index contributed by atoms with van der Waals surface area (Å²) in [4.78, 5) is 0. The van der Waals surface area contributed by atoms with Gasteiger partial charge in [-0.25, -0.2) is 0 Å². The molecule has 1 aliphatic carbocycles. The normalized spacial score (nSPS) is 27.2. The minimum atomic E-state index is 0.221. The SMILES string of the molecule is OCC1(CNC2CCOCC2)CCC1. The third kappa shape index (κ3) is 2.27. The van der Waals surface area contributed by atoms with Gasteiger partial charge >= 0.3 is 0 Å². The van der Waals surface area contributed by atoms with Crippen molar-refractivity contribution in [3.8, 4) is 0 Å². The molecule has 14 heavy (non-hydrogen) atoms. The molecule has 2 rings (SSSR count). The average Bonchev–Trinajstić information content (AvgIpc) is 2.19. The molecule has 1 heterocycles. The summed E-state index contributed by atoms with van der Waals surface area (Å²) in [7, 11) is 0. The minimum absolute atomic E-state index is 0.221. The second-order valence-electron chi connectivity index (χ2n) is 4.78. The van der Waals surface area contributed by atoms with Crippen LogP contribution in [0, 0.1) is 5.41 Å². The molecule has 1 aliphatic heterocycles. The van der Waals surface area contributed by atoms with Crippen molar-refractivity contribution in [2.75, 3.05) is 26.4 Å². The zero-order valence-corrected chi connectivity index (χ0v) is 8.80. The van der Waals surface area contributed by atoms with Crippen LogP contribution in [0.1, 0.15) is 32.1 Å². The van der Waals surface area contributed by atoms with E-state index in [0.717, 1.165) is 32.6 Å². The van der Waals surface area contributed by atoms with Crippen molar-refractivity contribution >= 4 is 0 Å². The van der Waals surface area contributed by atoms with Gasteiger partial charge in [0, 0.05) is 37.8 Å². The predicted molar refractivity (Wildman–Crippen MR) is 55.2 cm³/mol. The third-order valence-electron chi connectivity index (χ3n) is 3.74. The van der Waals surface area contributed by atoms with Gasteiger partial charge in [0.15, 0.2) is 0 Å². The molecule has 1 saturated heterocycles. The van der Waals surface area contributed by atoms with E-state index in [0.29, 0.717) is 12.6 Å². The Morgan fingerprint density at radius 2 is 2.00 bits per heavy atom. The molecule has 2 aliphatic rings. The molecular formula is C11H21NO2. The molecule has 3 heteroatoms. The van der Waals surface area contributed by atoms with E-state index in [2.05, 4.69) is 5.32 Å². The lowest BCUT2D eigenvalue weighted by Crippen LogP contribution is -2.47. The smallest absolute Gasteiger partial charge is 0.0499 e. The Morgan fingerprint density at radius 1 is 1.29 bits per heavy atom. The van der Waals surface area contributed by atoms with Gasteiger partial charge in [-0.2, -0.15) is 0 Å². The van der Waals surface area contributed by atoms with E-state index in [4.69, 9.17) is 4.74 Å². The third-order valence-corrected chi connectivity index (χ3v) is 3.74. The molecule has 0 amide bonds. The molecule has 2 fully saturated rings. The van der Waals surface area contributed by atoms with Crippen molar-refractivity contribution in [2.24, 2.45) is 5.41 Å². The van der Waals surface area contributed by atoms with Gasteiger partial charge in [0.2, 0.25) is 0 Å². The maximum atomic E-state index is 9.30. The zero-order chi connectivity index (χ0) is 9.86. The van der Waals surface area contributed by atoms with E-state index in [1.807, 2.05) is 0 Å². The molecule has 0 radical (unpaired) electrons. The van der Waals surface area contributed by atoms with E-state index >= 15 is 0 Å². The lowest BCUT2D eigenvalue weighted by atomic mass is 9.69. The molecule has 0 aromatic carbocycles. The first-order valence-corrected chi connectivity index (χ1v) is 5.77. The lowest BCUT2D eigenvalue weighted by Gasteiger charge is -2.41. The van der Waals surface area contributed by atoms with Crippen LogP contribution < -0.4 is 5.32 Å². The maximum Gasteiger partial charge on any atom is 0.0499 e. The van der Waals surface area contributed by atoms with E-state index in [1.165, 1.54) is 19.3 Å². The number of rotatable bonds is 4. The van der Waals surface area contributed by atoms with E-state index in [9.17, 15) is 5.11 Å². The highest BCUT2D eigenvalue weighted by Gasteiger charge is 2.36. The van der Waals surface area contributed by atoms with Crippen molar-refractivity contribution in [1.29, 1.82) is 0 Å². The number of nitrogens with one attached hydrogen (secondary N) is 1. The van der Waals surface area contributed by atoms with Gasteiger partial charge in [-0.05, 0) is 25.7 Å². The molecule has 1 saturated carbocycles. The van der Waals surface area contributed by atoms with Gasteiger partial charge in [0.05, 0.1) is 0 Å². The summed E-state index contributed by atoms with van der Waals surface area (Å²) in [6, 6.07) is 0.618. The first-order valence-electron chi connectivity index (χ1n) is 5.77. The Balaban J connectivity index is 1.69. The summed E-state index contributed by atoms with van der Waals surface area (Å²) in [5, 5.41) is 12.9. The van der Waals surface area contributed by atoms with E-state index in [1.54, 1.807) is 0 Å². The Kier molecular flexibility index (Phi) is 3.42. The van der Waals surface area contributed by atoms with Crippen molar-refractivity contribution < 1.29 is 9.84 Å². The number of ether oxygens (including phenoxy) is 1. The number of hydrogen-bond acceptors (Lipinski definition) is 3. The summed E-state index contributed by atoms with van der Waals surface area (Å²) < 4.78 is 5.31. The van der Waals surface area contributed by atoms with Gasteiger partial charge in [-0.1, -0.05) is 6.42 Å². The van der Waals surface area contributed by atoms with Crippen LogP contribution in [0.4, 0.5) is 0 Å². The minimum Gasteiger partial charge on any atom is -0.396 e. The molecule has 0 aromatic heterocycles. The summed E-state index contributed by atoms with van der Waals surface area (Å²) in [5.74, 6) is 0. The summed E-state index contributed by atoms with van der Waals surface area (Å²) in [5.41, 5.74) is 0.221. The number of aliphatic hydroxyl groups excluding tert-OH is 1. The van der Waals surface area contributed by atoms with Crippen LogP contribution in [0.3, 0.4) is 0 Å². The Hall–Kier alpha value is -0.120. The topological polar surface area (TPSA) is 41.5 Å². The molecule has 2 N–H and O–H groups in total. The summed E-state index contributed by atoms with van der Waals surface area (Å²) >= 11 is 0. The van der Waals surface area contributed by atoms with Crippen molar-refractivity contribution in [3.63, 3.8) is 0 Å². The molecule has 0 unspecified atom stereocenters. The summed E-state index contributed by atoms with van der Waals surface area (Å²) in [6.07, 6.45) is 5.93. The quantitative estimate of drug-likeness (QED) is 0.707. The highest BCUT2D eigenvalue weighted by molar-refractivity contribution is 4.90. The van der Waals surface area contributed by atoms with Crippen molar-refractivity contribution in [2.45, 2.75) is 38.1 Å². The van der Waals surface area contributed by atoms with Crippen LogP contribution >= 0.6 is 0 Å². The maximum absolute atomic E-state index is 9.30. The molecule has 0 atom stereocenters. The molecular weight excluding hydrogens is 178 g/mol. The van der Waals surface area contributed by atoms with Crippen LogP contribution in [-0.2, 0) is 4.74 Å². The van der Waals surface area contributed by atoms with Gasteiger partial charge in [0.25, 0.3) is 0 Å². The monoisotopic (exact) mass is 199 g/mol. The highest BCUT2D eigenvalue weighted by Crippen LogP contribution is 2.39. The second kappa shape index (κ2) is 4.60. The largest absolute Gasteiger partial charge is 0.396 e. The van der Waals surface area contributed by atoms with Gasteiger partial charge in [0.1, 0.15) is 0 Å². The Morgan fingerprint density at radius 3 is 2.50 bits per heavy atom. The van der Waals surface area contributed by atoms with Gasteiger partial charge in [-0.3, -0.25) is 0 Å². The fourth-order valence-corrected chi connectivity index (χ4v) is 2.33. The fraction of sp³-hybridized carbons (Fsp3) is 1.00. The molecule has 0 bridgehead atoms. The molecule has 82 valence electrons. The lowest BCUT2D eigenvalue weighted by molar-refractivity contribution is 0.0307. The first kappa shape index (κ1) is 10.4. The van der Waals surface area contributed by atoms with Crippen molar-refractivity contribution in [3.05, 3.63) is 0 Å². The van der Waals surface area contributed by atoms with E-state index in [-0.39, 0.29) is 5.41 Å². The fourth-order valence-electron chi connectivity index (χ4n) is 2.33. The van der Waals surface area contributed by atoms with Crippen LogP contribution in [-0.4, -0.2) is 37.5 Å². The second-order valence-corrected chi connectivity index (χ2v) is 4.78. The molecule has 0 aromatic rings. The van der Waals surface area contributed by atoms with Gasteiger partial charge in [-0.15, -0.1) is 0 Å². The molecule has 0 spiro atoms.